The van der Waals surface area contributed by atoms with Crippen LogP contribution in [0.4, 0.5) is 5.00 Å². The van der Waals surface area contributed by atoms with E-state index in [9.17, 15) is 14.9 Å². The highest BCUT2D eigenvalue weighted by molar-refractivity contribution is 7.99. The second kappa shape index (κ2) is 10.6. The fourth-order valence-corrected chi connectivity index (χ4v) is 5.94. The summed E-state index contributed by atoms with van der Waals surface area (Å²) in [7, 11) is 1.79. The summed E-state index contributed by atoms with van der Waals surface area (Å²) < 4.78 is 1.76. The first-order chi connectivity index (χ1) is 16.4. The Morgan fingerprint density at radius 2 is 2.00 bits per heavy atom. The van der Waals surface area contributed by atoms with Crippen LogP contribution in [0.5, 0.6) is 0 Å². The van der Waals surface area contributed by atoms with Crippen LogP contribution in [0.15, 0.2) is 29.4 Å². The normalized spacial score (nSPS) is 13.6. The van der Waals surface area contributed by atoms with Crippen molar-refractivity contribution in [1.82, 2.24) is 20.1 Å². The van der Waals surface area contributed by atoms with Crippen LogP contribution in [0.1, 0.15) is 58.0 Å². The summed E-state index contributed by atoms with van der Waals surface area (Å²) in [5, 5.41) is 25.5. The molecule has 4 rings (SSSR count). The average molecular weight is 515 g/mol. The molecule has 1 aromatic carbocycles. The fourth-order valence-electron chi connectivity index (χ4n) is 3.84. The number of carbonyl (C=O) groups is 2. The van der Waals surface area contributed by atoms with Gasteiger partial charge in [-0.25, -0.2) is 0 Å². The summed E-state index contributed by atoms with van der Waals surface area (Å²) in [4.78, 5) is 26.3. The number of benzene rings is 1. The Bertz CT molecular complexity index is 1260. The van der Waals surface area contributed by atoms with Crippen molar-refractivity contribution in [2.45, 2.75) is 43.8 Å². The van der Waals surface area contributed by atoms with E-state index in [4.69, 9.17) is 11.6 Å². The lowest BCUT2D eigenvalue weighted by atomic mass is 9.96. The van der Waals surface area contributed by atoms with Gasteiger partial charge in [-0.2, -0.15) is 5.26 Å². The maximum atomic E-state index is 12.6. The van der Waals surface area contributed by atoms with Crippen molar-refractivity contribution in [1.29, 1.82) is 5.26 Å². The molecule has 0 bridgehead atoms. The van der Waals surface area contributed by atoms with Crippen LogP contribution >= 0.6 is 34.7 Å². The Balaban J connectivity index is 1.36. The first-order valence-corrected chi connectivity index (χ1v) is 13.0. The molecule has 8 nitrogen and oxygen atoms in total. The molecule has 0 saturated heterocycles. The van der Waals surface area contributed by atoms with Gasteiger partial charge in [0.25, 0.3) is 5.91 Å². The summed E-state index contributed by atoms with van der Waals surface area (Å²) in [6, 6.07) is 8.50. The molecule has 34 heavy (non-hydrogen) atoms. The molecular weight excluding hydrogens is 492 g/mol. The van der Waals surface area contributed by atoms with Gasteiger partial charge < -0.3 is 15.2 Å². The number of aryl methyl sites for hydroxylation is 1. The first kappa shape index (κ1) is 24.3. The van der Waals surface area contributed by atoms with Crippen molar-refractivity contribution in [3.05, 3.63) is 56.7 Å². The molecule has 3 aromatic rings. The van der Waals surface area contributed by atoms with Crippen LogP contribution in [0.25, 0.3) is 0 Å². The number of fused-ring (bicyclic) bond motifs is 1. The number of nitrogens with one attached hydrogen (secondary N) is 2. The number of thioether (sulfide) groups is 1. The van der Waals surface area contributed by atoms with E-state index in [1.807, 2.05) is 6.92 Å². The largest absolute Gasteiger partial charge is 0.342 e. The lowest BCUT2D eigenvalue weighted by molar-refractivity contribution is -0.113. The van der Waals surface area contributed by atoms with E-state index >= 15 is 0 Å². The Morgan fingerprint density at radius 1 is 1.26 bits per heavy atom. The Hall–Kier alpha value is -2.87. The molecule has 0 radical (unpaired) electrons. The predicted molar refractivity (Wildman–Crippen MR) is 133 cm³/mol. The van der Waals surface area contributed by atoms with Gasteiger partial charge in [0.15, 0.2) is 11.0 Å². The van der Waals surface area contributed by atoms with E-state index < -0.39 is 0 Å². The molecule has 1 atom stereocenters. The van der Waals surface area contributed by atoms with E-state index in [1.165, 1.54) is 28.0 Å². The van der Waals surface area contributed by atoms with Crippen molar-refractivity contribution in [3.8, 4) is 6.07 Å². The molecular formula is C23H23ClN6O2S2. The summed E-state index contributed by atoms with van der Waals surface area (Å²) in [5.74, 6) is 0.259. The van der Waals surface area contributed by atoms with E-state index in [-0.39, 0.29) is 23.6 Å². The molecule has 176 valence electrons. The van der Waals surface area contributed by atoms with Crippen LogP contribution < -0.4 is 10.6 Å². The summed E-state index contributed by atoms with van der Waals surface area (Å²) >= 11 is 8.64. The minimum atomic E-state index is -0.389. The van der Waals surface area contributed by atoms with Crippen molar-refractivity contribution in [2.24, 2.45) is 7.05 Å². The van der Waals surface area contributed by atoms with Crippen molar-refractivity contribution < 1.29 is 9.59 Å². The third-order valence-electron chi connectivity index (χ3n) is 5.58. The zero-order valence-corrected chi connectivity index (χ0v) is 21.1. The van der Waals surface area contributed by atoms with Crippen molar-refractivity contribution in [2.75, 3.05) is 11.1 Å². The van der Waals surface area contributed by atoms with Gasteiger partial charge in [0.2, 0.25) is 5.91 Å². The highest BCUT2D eigenvalue weighted by atomic mass is 35.5. The van der Waals surface area contributed by atoms with Gasteiger partial charge in [-0.15, -0.1) is 21.5 Å². The van der Waals surface area contributed by atoms with Crippen LogP contribution in [0, 0.1) is 11.3 Å². The van der Waals surface area contributed by atoms with Gasteiger partial charge in [-0.3, -0.25) is 9.59 Å². The number of nitrogens with zero attached hydrogens (tertiary/aromatic N) is 4. The molecule has 0 unspecified atom stereocenters. The number of halogens is 1. The van der Waals surface area contributed by atoms with Crippen LogP contribution in [-0.4, -0.2) is 32.3 Å². The van der Waals surface area contributed by atoms with Gasteiger partial charge in [-0.1, -0.05) is 23.4 Å². The first-order valence-electron chi connectivity index (χ1n) is 10.8. The van der Waals surface area contributed by atoms with Crippen molar-refractivity contribution >= 4 is 51.5 Å². The Labute approximate surface area is 210 Å². The number of amides is 2. The highest BCUT2D eigenvalue weighted by Gasteiger charge is 2.23. The number of thiophene rings is 1. The molecule has 11 heteroatoms. The second-order valence-corrected chi connectivity index (χ2v) is 10.4. The molecule has 1 aliphatic rings. The number of nitriles is 1. The van der Waals surface area contributed by atoms with Gasteiger partial charge >= 0.3 is 0 Å². The topological polar surface area (TPSA) is 113 Å². The third-order valence-corrected chi connectivity index (χ3v) is 8.06. The van der Waals surface area contributed by atoms with Gasteiger partial charge in [-0.05, 0) is 62.4 Å². The van der Waals surface area contributed by atoms with E-state index in [0.29, 0.717) is 32.1 Å². The van der Waals surface area contributed by atoms with Crippen LogP contribution in [0.3, 0.4) is 0 Å². The number of anilines is 1. The Kier molecular flexibility index (Phi) is 7.56. The Morgan fingerprint density at radius 3 is 2.74 bits per heavy atom. The molecule has 0 saturated carbocycles. The molecule has 0 aliphatic heterocycles. The maximum Gasteiger partial charge on any atom is 0.251 e. The van der Waals surface area contributed by atoms with Gasteiger partial charge in [0.1, 0.15) is 11.1 Å². The smallest absolute Gasteiger partial charge is 0.251 e. The molecule has 2 aromatic heterocycles. The standard InChI is InChI=1S/C23H23ClN6O2S2/c1-13(26-21(32)14-7-9-15(24)10-8-14)20-28-29-23(30(20)2)33-12-19(31)27-22-17(11-25)16-5-3-4-6-18(16)34-22/h7-10,13H,3-6,12H2,1-2H3,(H,26,32)(H,27,31)/t13-/m1/s1. The molecule has 0 fully saturated rings. The second-order valence-electron chi connectivity index (χ2n) is 7.97. The fraction of sp³-hybridized carbons (Fsp3) is 0.348. The number of carbonyl (C=O) groups excluding carboxylic acids is 2. The number of hydrogen-bond acceptors (Lipinski definition) is 7. The molecule has 2 heterocycles. The average Bonchev–Trinajstić information content (AvgIpc) is 3.37. The highest BCUT2D eigenvalue weighted by Crippen LogP contribution is 2.37. The number of hydrogen-bond donors (Lipinski definition) is 2. The van der Waals surface area contributed by atoms with E-state index in [0.717, 1.165) is 31.2 Å². The molecule has 0 spiro atoms. The maximum absolute atomic E-state index is 12.6. The zero-order chi connectivity index (χ0) is 24.2. The van der Waals surface area contributed by atoms with Crippen LogP contribution in [-0.2, 0) is 24.7 Å². The third kappa shape index (κ3) is 5.27. The van der Waals surface area contributed by atoms with Gasteiger partial charge in [0, 0.05) is 22.5 Å². The van der Waals surface area contributed by atoms with Crippen LogP contribution in [0.2, 0.25) is 5.02 Å². The summed E-state index contributed by atoms with van der Waals surface area (Å²) in [6.07, 6.45) is 4.06. The quantitative estimate of drug-likeness (QED) is 0.449. The monoisotopic (exact) mass is 514 g/mol. The SMILES string of the molecule is C[C@@H](NC(=O)c1ccc(Cl)cc1)c1nnc(SCC(=O)Nc2sc3c(c2C#N)CCCC3)n1C. The number of aromatic nitrogens is 3. The summed E-state index contributed by atoms with van der Waals surface area (Å²) in [5.41, 5.74) is 2.19. The van der Waals surface area contributed by atoms with E-state index in [1.54, 1.807) is 35.9 Å². The minimum Gasteiger partial charge on any atom is -0.342 e. The zero-order valence-electron chi connectivity index (χ0n) is 18.7. The van der Waals surface area contributed by atoms with Gasteiger partial charge in [0.05, 0.1) is 17.4 Å². The van der Waals surface area contributed by atoms with Crippen molar-refractivity contribution in [3.63, 3.8) is 0 Å². The predicted octanol–water partition coefficient (Wildman–Crippen LogP) is 4.50. The molecule has 2 amide bonds. The van der Waals surface area contributed by atoms with E-state index in [2.05, 4.69) is 26.9 Å². The molecule has 2 N–H and O–H groups in total. The lowest BCUT2D eigenvalue weighted by Gasteiger charge is -2.13. The number of rotatable bonds is 7. The minimum absolute atomic E-state index is 0.130. The summed E-state index contributed by atoms with van der Waals surface area (Å²) in [6.45, 7) is 1.82. The molecule has 1 aliphatic carbocycles. The lowest BCUT2D eigenvalue weighted by Crippen LogP contribution is -2.28.